The summed E-state index contributed by atoms with van der Waals surface area (Å²) in [6, 6.07) is 8.65. The number of hydrogen-bond acceptors (Lipinski definition) is 2. The van der Waals surface area contributed by atoms with Gasteiger partial charge in [0.25, 0.3) is 0 Å². The minimum absolute atomic E-state index is 0.218. The van der Waals surface area contributed by atoms with E-state index in [-0.39, 0.29) is 6.03 Å². The SMILES string of the molecule is Cc1c(Cl)cccc1NC(=O)N1CCN(c2ccc(F)cc2F)CC1. The van der Waals surface area contributed by atoms with E-state index < -0.39 is 11.6 Å². The first-order chi connectivity index (χ1) is 12.0. The van der Waals surface area contributed by atoms with Crippen LogP contribution < -0.4 is 10.2 Å². The largest absolute Gasteiger partial charge is 0.366 e. The molecule has 2 amide bonds. The van der Waals surface area contributed by atoms with E-state index in [1.54, 1.807) is 23.1 Å². The van der Waals surface area contributed by atoms with Crippen molar-refractivity contribution in [2.75, 3.05) is 36.4 Å². The Morgan fingerprint density at radius 1 is 1.12 bits per heavy atom. The van der Waals surface area contributed by atoms with E-state index >= 15 is 0 Å². The Morgan fingerprint density at radius 2 is 1.84 bits per heavy atom. The molecule has 3 rings (SSSR count). The Morgan fingerprint density at radius 3 is 2.52 bits per heavy atom. The first-order valence-electron chi connectivity index (χ1n) is 7.97. The van der Waals surface area contributed by atoms with E-state index in [0.29, 0.717) is 42.6 Å². The van der Waals surface area contributed by atoms with Crippen LogP contribution in [0.15, 0.2) is 36.4 Å². The summed E-state index contributed by atoms with van der Waals surface area (Å²) in [5.41, 5.74) is 1.83. The van der Waals surface area contributed by atoms with Crippen molar-refractivity contribution in [3.63, 3.8) is 0 Å². The van der Waals surface area contributed by atoms with E-state index in [0.717, 1.165) is 11.6 Å². The van der Waals surface area contributed by atoms with Crippen LogP contribution in [0.3, 0.4) is 0 Å². The standard InChI is InChI=1S/C18H18ClF2N3O/c1-12-14(19)3-2-4-16(12)22-18(25)24-9-7-23(8-10-24)17-6-5-13(20)11-15(17)21/h2-6,11H,7-10H2,1H3,(H,22,25). The van der Waals surface area contributed by atoms with Crippen molar-refractivity contribution < 1.29 is 13.6 Å². The van der Waals surface area contributed by atoms with Crippen LogP contribution in [0.1, 0.15) is 5.56 Å². The molecule has 0 aromatic heterocycles. The van der Waals surface area contributed by atoms with Crippen molar-refractivity contribution >= 4 is 29.0 Å². The van der Waals surface area contributed by atoms with Gasteiger partial charge in [-0.3, -0.25) is 0 Å². The van der Waals surface area contributed by atoms with Crippen LogP contribution in [0.25, 0.3) is 0 Å². The highest BCUT2D eigenvalue weighted by molar-refractivity contribution is 6.31. The summed E-state index contributed by atoms with van der Waals surface area (Å²) in [6.07, 6.45) is 0. The Kier molecular flexibility index (Phi) is 5.08. The number of hydrogen-bond donors (Lipinski definition) is 1. The van der Waals surface area contributed by atoms with Gasteiger partial charge in [-0.1, -0.05) is 17.7 Å². The van der Waals surface area contributed by atoms with Gasteiger partial charge < -0.3 is 15.1 Å². The third-order valence-corrected chi connectivity index (χ3v) is 4.74. The number of anilines is 2. The van der Waals surface area contributed by atoms with Crippen LogP contribution in [0, 0.1) is 18.6 Å². The molecule has 1 fully saturated rings. The predicted octanol–water partition coefficient (Wildman–Crippen LogP) is 4.28. The average molecular weight is 366 g/mol. The number of rotatable bonds is 2. The Hall–Kier alpha value is -2.34. The Labute approximate surface area is 150 Å². The predicted molar refractivity (Wildman–Crippen MR) is 95.4 cm³/mol. The molecule has 25 heavy (non-hydrogen) atoms. The van der Waals surface area contributed by atoms with Gasteiger partial charge in [0.15, 0.2) is 0 Å². The van der Waals surface area contributed by atoms with Gasteiger partial charge in [0.2, 0.25) is 0 Å². The zero-order valence-corrected chi connectivity index (χ0v) is 14.5. The summed E-state index contributed by atoms with van der Waals surface area (Å²) in [4.78, 5) is 15.9. The first kappa shape index (κ1) is 17.5. The quantitative estimate of drug-likeness (QED) is 0.862. The second-order valence-electron chi connectivity index (χ2n) is 5.91. The third-order valence-electron chi connectivity index (χ3n) is 4.33. The number of benzene rings is 2. The third kappa shape index (κ3) is 3.85. The molecule has 2 aromatic rings. The minimum atomic E-state index is -0.601. The van der Waals surface area contributed by atoms with E-state index in [1.165, 1.54) is 12.1 Å². The molecular weight excluding hydrogens is 348 g/mol. The van der Waals surface area contributed by atoms with Crippen LogP contribution in [-0.2, 0) is 0 Å². The van der Waals surface area contributed by atoms with Gasteiger partial charge in [0.05, 0.1) is 5.69 Å². The Bertz CT molecular complexity index is 792. The molecule has 0 spiro atoms. The molecular formula is C18H18ClF2N3O. The molecule has 1 saturated heterocycles. The highest BCUT2D eigenvalue weighted by Gasteiger charge is 2.23. The number of urea groups is 1. The van der Waals surface area contributed by atoms with E-state index in [4.69, 9.17) is 11.6 Å². The molecule has 1 N–H and O–H groups in total. The van der Waals surface area contributed by atoms with Crippen molar-refractivity contribution in [1.29, 1.82) is 0 Å². The normalized spacial score (nSPS) is 14.6. The van der Waals surface area contributed by atoms with Crippen LogP contribution in [0.2, 0.25) is 5.02 Å². The lowest BCUT2D eigenvalue weighted by atomic mass is 10.2. The number of nitrogens with zero attached hydrogens (tertiary/aromatic N) is 2. The van der Waals surface area contributed by atoms with Gasteiger partial charge in [0, 0.05) is 43.0 Å². The molecule has 0 radical (unpaired) electrons. The number of nitrogens with one attached hydrogen (secondary N) is 1. The summed E-state index contributed by atoms with van der Waals surface area (Å²) >= 11 is 6.06. The monoisotopic (exact) mass is 365 g/mol. The summed E-state index contributed by atoms with van der Waals surface area (Å²) in [7, 11) is 0. The van der Waals surface area contributed by atoms with Crippen molar-refractivity contribution in [3.8, 4) is 0 Å². The molecule has 1 aliphatic heterocycles. The summed E-state index contributed by atoms with van der Waals surface area (Å²) < 4.78 is 26.9. The molecule has 7 heteroatoms. The molecule has 1 heterocycles. The number of piperazine rings is 1. The van der Waals surface area contributed by atoms with Crippen molar-refractivity contribution in [3.05, 3.63) is 58.6 Å². The van der Waals surface area contributed by atoms with Crippen LogP contribution >= 0.6 is 11.6 Å². The highest BCUT2D eigenvalue weighted by atomic mass is 35.5. The van der Waals surface area contributed by atoms with Gasteiger partial charge in [-0.2, -0.15) is 0 Å². The first-order valence-corrected chi connectivity index (χ1v) is 8.34. The van der Waals surface area contributed by atoms with Gasteiger partial charge in [0.1, 0.15) is 11.6 Å². The zero-order chi connectivity index (χ0) is 18.0. The second kappa shape index (κ2) is 7.27. The zero-order valence-electron chi connectivity index (χ0n) is 13.7. The average Bonchev–Trinajstić information content (AvgIpc) is 2.59. The lowest BCUT2D eigenvalue weighted by Gasteiger charge is -2.36. The maximum Gasteiger partial charge on any atom is 0.321 e. The van der Waals surface area contributed by atoms with E-state index in [1.807, 2.05) is 11.8 Å². The Balaban J connectivity index is 1.62. The molecule has 4 nitrogen and oxygen atoms in total. The molecule has 0 bridgehead atoms. The number of carbonyl (C=O) groups excluding carboxylic acids is 1. The summed E-state index contributed by atoms with van der Waals surface area (Å²) in [6.45, 7) is 3.69. The molecule has 1 aliphatic rings. The van der Waals surface area contributed by atoms with Crippen LogP contribution in [0.4, 0.5) is 25.0 Å². The molecule has 132 valence electrons. The van der Waals surface area contributed by atoms with Gasteiger partial charge in [-0.15, -0.1) is 0 Å². The molecule has 0 saturated carbocycles. The smallest absolute Gasteiger partial charge is 0.321 e. The fourth-order valence-corrected chi connectivity index (χ4v) is 3.00. The number of halogens is 3. The maximum atomic E-state index is 13.9. The molecule has 0 aliphatic carbocycles. The number of amides is 2. The molecule has 2 aromatic carbocycles. The van der Waals surface area contributed by atoms with Crippen molar-refractivity contribution in [2.24, 2.45) is 0 Å². The van der Waals surface area contributed by atoms with Crippen molar-refractivity contribution in [2.45, 2.75) is 6.92 Å². The summed E-state index contributed by atoms with van der Waals surface area (Å²) in [5.74, 6) is -1.19. The van der Waals surface area contributed by atoms with Crippen LogP contribution in [-0.4, -0.2) is 37.1 Å². The maximum absolute atomic E-state index is 13.9. The minimum Gasteiger partial charge on any atom is -0.366 e. The lowest BCUT2D eigenvalue weighted by Crippen LogP contribution is -2.50. The van der Waals surface area contributed by atoms with Crippen molar-refractivity contribution in [1.82, 2.24) is 4.90 Å². The van der Waals surface area contributed by atoms with Crippen LogP contribution in [0.5, 0.6) is 0 Å². The molecule has 0 atom stereocenters. The fourth-order valence-electron chi connectivity index (χ4n) is 2.83. The van der Waals surface area contributed by atoms with Gasteiger partial charge in [-0.05, 0) is 36.8 Å². The lowest BCUT2D eigenvalue weighted by molar-refractivity contribution is 0.208. The summed E-state index contributed by atoms with van der Waals surface area (Å²) in [5, 5.41) is 3.45. The highest BCUT2D eigenvalue weighted by Crippen LogP contribution is 2.24. The second-order valence-corrected chi connectivity index (χ2v) is 6.32. The molecule has 0 unspecified atom stereocenters. The van der Waals surface area contributed by atoms with Gasteiger partial charge in [-0.25, -0.2) is 13.6 Å². The number of carbonyl (C=O) groups is 1. The van der Waals surface area contributed by atoms with Gasteiger partial charge >= 0.3 is 6.03 Å². The van der Waals surface area contributed by atoms with E-state index in [9.17, 15) is 13.6 Å². The topological polar surface area (TPSA) is 35.6 Å². The fraction of sp³-hybridized carbons (Fsp3) is 0.278. The van der Waals surface area contributed by atoms with E-state index in [2.05, 4.69) is 5.32 Å².